The van der Waals surface area contributed by atoms with Gasteiger partial charge in [-0.1, -0.05) is 6.58 Å². The number of anilines is 3. The maximum atomic E-state index is 12.9. The molecule has 0 atom stereocenters. The molecule has 0 spiro atoms. The van der Waals surface area contributed by atoms with Gasteiger partial charge in [0.1, 0.15) is 11.5 Å². The average molecular weight is 480 g/mol. The van der Waals surface area contributed by atoms with Crippen LogP contribution in [0.4, 0.5) is 17.2 Å². The fourth-order valence-corrected chi connectivity index (χ4v) is 3.37. The van der Waals surface area contributed by atoms with Gasteiger partial charge >= 0.3 is 0 Å². The first-order chi connectivity index (χ1) is 16.9. The van der Waals surface area contributed by atoms with E-state index in [-0.39, 0.29) is 12.2 Å². The molecule has 0 radical (unpaired) electrons. The van der Waals surface area contributed by atoms with Gasteiger partial charge in [-0.25, -0.2) is 0 Å². The van der Waals surface area contributed by atoms with Crippen LogP contribution in [0, 0.1) is 0 Å². The third-order valence-electron chi connectivity index (χ3n) is 5.12. The van der Waals surface area contributed by atoms with Gasteiger partial charge in [-0.15, -0.1) is 0 Å². The number of H-pyrrole nitrogens is 1. The van der Waals surface area contributed by atoms with E-state index >= 15 is 0 Å². The summed E-state index contributed by atoms with van der Waals surface area (Å²) in [6.07, 6.45) is 2.49. The first kappa shape index (κ1) is 25.3. The Morgan fingerprint density at radius 1 is 1.06 bits per heavy atom. The number of carbonyl (C=O) groups excluding carboxylic acids is 2. The number of aromatic amines is 1. The number of hydrogen-bond donors (Lipinski definition) is 5. The molecule has 10 nitrogen and oxygen atoms in total. The summed E-state index contributed by atoms with van der Waals surface area (Å²) in [6, 6.07) is 12.3. The van der Waals surface area contributed by atoms with Gasteiger partial charge in [-0.3, -0.25) is 14.7 Å². The molecule has 184 valence electrons. The molecule has 5 N–H and O–H groups in total. The van der Waals surface area contributed by atoms with Crippen LogP contribution in [-0.2, 0) is 17.6 Å². The molecule has 3 rings (SSSR count). The highest BCUT2D eigenvalue weighted by atomic mass is 16.5. The molecule has 2 amide bonds. The minimum atomic E-state index is -0.449. The molecular weight excluding hydrogens is 450 g/mol. The van der Waals surface area contributed by atoms with Crippen molar-refractivity contribution in [3.8, 4) is 11.5 Å². The molecule has 0 fully saturated rings. The van der Waals surface area contributed by atoms with Crippen LogP contribution in [0.1, 0.15) is 21.6 Å². The molecule has 0 aliphatic carbocycles. The standard InChI is InChI=1S/C25H29N5O5/c1-4-24(32)27-22-13-17(26-9-10-31)7-8-21(22)25(33)28-23-14-18(29-30-23)6-5-16-11-19(34-2)15-20(12-16)35-3/h4,7-8,11-15,26,31H,1,5-6,9-10H2,2-3H3,(H,27,32)(H2,28,29,30,33). The van der Waals surface area contributed by atoms with Gasteiger partial charge in [0.25, 0.3) is 5.91 Å². The summed E-state index contributed by atoms with van der Waals surface area (Å²) in [7, 11) is 3.21. The van der Waals surface area contributed by atoms with Gasteiger partial charge in [0, 0.05) is 30.1 Å². The van der Waals surface area contributed by atoms with Gasteiger partial charge < -0.3 is 30.5 Å². The molecule has 35 heavy (non-hydrogen) atoms. The lowest BCUT2D eigenvalue weighted by molar-refractivity contribution is -0.111. The molecule has 0 saturated carbocycles. The maximum absolute atomic E-state index is 12.9. The highest BCUT2D eigenvalue weighted by Gasteiger charge is 2.15. The van der Waals surface area contributed by atoms with Crippen molar-refractivity contribution in [2.75, 3.05) is 43.3 Å². The number of nitrogens with zero attached hydrogens (tertiary/aromatic N) is 1. The van der Waals surface area contributed by atoms with E-state index in [1.165, 1.54) is 0 Å². The predicted octanol–water partition coefficient (Wildman–Crippen LogP) is 2.99. The minimum Gasteiger partial charge on any atom is -0.497 e. The van der Waals surface area contributed by atoms with Crippen LogP contribution in [0.3, 0.4) is 0 Å². The zero-order valence-electron chi connectivity index (χ0n) is 19.7. The molecule has 10 heteroatoms. The Balaban J connectivity index is 1.69. The van der Waals surface area contributed by atoms with E-state index in [9.17, 15) is 9.59 Å². The van der Waals surface area contributed by atoms with Crippen LogP contribution >= 0.6 is 0 Å². The van der Waals surface area contributed by atoms with Crippen molar-refractivity contribution >= 4 is 29.0 Å². The molecule has 2 aromatic carbocycles. The fraction of sp³-hybridized carbons (Fsp3) is 0.240. The maximum Gasteiger partial charge on any atom is 0.258 e. The lowest BCUT2D eigenvalue weighted by atomic mass is 10.1. The van der Waals surface area contributed by atoms with E-state index in [1.54, 1.807) is 38.5 Å². The number of amides is 2. The number of methoxy groups -OCH3 is 2. The monoisotopic (exact) mass is 479 g/mol. The SMILES string of the molecule is C=CC(=O)Nc1cc(NCCO)ccc1C(=O)Nc1cc(CCc2cc(OC)cc(OC)c2)[nH]n1. The summed E-state index contributed by atoms with van der Waals surface area (Å²) in [5.74, 6) is 0.905. The highest BCUT2D eigenvalue weighted by Crippen LogP contribution is 2.24. The molecule has 3 aromatic rings. The predicted molar refractivity (Wildman–Crippen MR) is 134 cm³/mol. The van der Waals surface area contributed by atoms with E-state index < -0.39 is 11.8 Å². The number of aliphatic hydroxyl groups is 1. The molecular formula is C25H29N5O5. The summed E-state index contributed by atoms with van der Waals surface area (Å²) >= 11 is 0. The second kappa shape index (κ2) is 12.2. The van der Waals surface area contributed by atoms with Gasteiger partial charge in [-0.2, -0.15) is 5.10 Å². The number of rotatable bonds is 12. The molecule has 0 unspecified atom stereocenters. The number of aromatic nitrogens is 2. The number of hydrogen-bond acceptors (Lipinski definition) is 7. The summed E-state index contributed by atoms with van der Waals surface area (Å²) in [5, 5.41) is 24.5. The van der Waals surface area contributed by atoms with E-state index in [0.717, 1.165) is 17.3 Å². The first-order valence-electron chi connectivity index (χ1n) is 11.0. The van der Waals surface area contributed by atoms with E-state index in [2.05, 4.69) is 32.7 Å². The first-order valence-corrected chi connectivity index (χ1v) is 11.0. The van der Waals surface area contributed by atoms with Crippen molar-refractivity contribution in [1.82, 2.24) is 10.2 Å². The molecule has 1 aromatic heterocycles. The van der Waals surface area contributed by atoms with E-state index in [4.69, 9.17) is 14.6 Å². The van der Waals surface area contributed by atoms with Crippen LogP contribution in [0.5, 0.6) is 11.5 Å². The van der Waals surface area contributed by atoms with Crippen LogP contribution in [0.2, 0.25) is 0 Å². The van der Waals surface area contributed by atoms with Gasteiger partial charge in [-0.05, 0) is 54.8 Å². The Morgan fingerprint density at radius 2 is 1.80 bits per heavy atom. The van der Waals surface area contributed by atoms with Crippen molar-refractivity contribution < 1.29 is 24.2 Å². The van der Waals surface area contributed by atoms with E-state index in [1.807, 2.05) is 18.2 Å². The van der Waals surface area contributed by atoms with Gasteiger partial charge in [0.15, 0.2) is 5.82 Å². The number of benzene rings is 2. The lowest BCUT2D eigenvalue weighted by Gasteiger charge is -2.12. The number of nitrogens with one attached hydrogen (secondary N) is 4. The fourth-order valence-electron chi connectivity index (χ4n) is 3.37. The van der Waals surface area contributed by atoms with Crippen LogP contribution in [0.25, 0.3) is 0 Å². The Bertz CT molecular complexity index is 1170. The third-order valence-corrected chi connectivity index (χ3v) is 5.12. The Hall–Kier alpha value is -4.31. The summed E-state index contributed by atoms with van der Waals surface area (Å²) in [4.78, 5) is 24.8. The largest absolute Gasteiger partial charge is 0.497 e. The number of aliphatic hydroxyl groups excluding tert-OH is 1. The highest BCUT2D eigenvalue weighted by molar-refractivity contribution is 6.11. The van der Waals surface area contributed by atoms with Crippen LogP contribution in [0.15, 0.2) is 55.1 Å². The second-order valence-corrected chi connectivity index (χ2v) is 7.56. The summed E-state index contributed by atoms with van der Waals surface area (Å²) in [6.45, 7) is 3.72. The lowest BCUT2D eigenvalue weighted by Crippen LogP contribution is -2.17. The Morgan fingerprint density at radius 3 is 2.46 bits per heavy atom. The third kappa shape index (κ3) is 7.08. The zero-order chi connectivity index (χ0) is 25.2. The topological polar surface area (TPSA) is 138 Å². The van der Waals surface area contributed by atoms with Crippen molar-refractivity contribution in [3.05, 3.63) is 71.9 Å². The van der Waals surface area contributed by atoms with Crippen LogP contribution < -0.4 is 25.4 Å². The summed E-state index contributed by atoms with van der Waals surface area (Å²) in [5.41, 5.74) is 3.08. The molecule has 0 saturated heterocycles. The summed E-state index contributed by atoms with van der Waals surface area (Å²) < 4.78 is 10.6. The van der Waals surface area contributed by atoms with E-state index in [0.29, 0.717) is 48.1 Å². The Labute approximate surface area is 203 Å². The molecule has 0 aliphatic rings. The smallest absolute Gasteiger partial charge is 0.258 e. The van der Waals surface area contributed by atoms with Crippen molar-refractivity contribution in [2.45, 2.75) is 12.8 Å². The number of aryl methyl sites for hydroxylation is 2. The van der Waals surface area contributed by atoms with Crippen molar-refractivity contribution in [3.63, 3.8) is 0 Å². The zero-order valence-corrected chi connectivity index (χ0v) is 19.7. The van der Waals surface area contributed by atoms with Crippen molar-refractivity contribution in [1.29, 1.82) is 0 Å². The Kier molecular flexibility index (Phi) is 8.85. The van der Waals surface area contributed by atoms with Crippen LogP contribution in [-0.4, -0.2) is 54.5 Å². The second-order valence-electron chi connectivity index (χ2n) is 7.56. The average Bonchev–Trinajstić information content (AvgIpc) is 3.32. The number of ether oxygens (including phenoxy) is 2. The number of carbonyl (C=O) groups is 2. The molecule has 0 bridgehead atoms. The molecule has 0 aliphatic heterocycles. The van der Waals surface area contributed by atoms with Gasteiger partial charge in [0.05, 0.1) is 32.1 Å². The minimum absolute atomic E-state index is 0.0521. The van der Waals surface area contributed by atoms with Gasteiger partial charge in [0.2, 0.25) is 5.91 Å². The van der Waals surface area contributed by atoms with Crippen molar-refractivity contribution in [2.24, 2.45) is 0 Å². The molecule has 1 heterocycles. The quantitative estimate of drug-likeness (QED) is 0.252. The normalized spacial score (nSPS) is 10.4.